The maximum Gasteiger partial charge on any atom is 0.280 e. The van der Waals surface area contributed by atoms with Crippen molar-refractivity contribution in [2.45, 2.75) is 6.54 Å². The Bertz CT molecular complexity index is 1070. The molecule has 4 rings (SSSR count). The molecule has 0 spiro atoms. The van der Waals surface area contributed by atoms with E-state index in [4.69, 9.17) is 4.74 Å². The number of amides is 1. The molecule has 1 amide bonds. The van der Waals surface area contributed by atoms with Gasteiger partial charge in [0, 0.05) is 18.6 Å². The molecule has 1 aromatic carbocycles. The van der Waals surface area contributed by atoms with Crippen LogP contribution < -0.4 is 9.64 Å². The van der Waals surface area contributed by atoms with E-state index in [2.05, 4.69) is 19.9 Å². The van der Waals surface area contributed by atoms with Crippen molar-refractivity contribution in [2.24, 2.45) is 0 Å². The van der Waals surface area contributed by atoms with Crippen molar-refractivity contribution in [2.75, 3.05) is 12.0 Å². The van der Waals surface area contributed by atoms with Gasteiger partial charge in [0.1, 0.15) is 11.4 Å². The van der Waals surface area contributed by atoms with Crippen molar-refractivity contribution in [1.29, 1.82) is 0 Å². The van der Waals surface area contributed by atoms with Crippen LogP contribution >= 0.6 is 11.3 Å². The Labute approximate surface area is 159 Å². The fraction of sp³-hybridized carbons (Fsp3) is 0.105. The number of methoxy groups -OCH3 is 1. The largest absolute Gasteiger partial charge is 0.497 e. The van der Waals surface area contributed by atoms with E-state index in [1.807, 2.05) is 36.4 Å². The average Bonchev–Trinajstić information content (AvgIpc) is 3.15. The second-order valence-corrected chi connectivity index (χ2v) is 6.64. The molecular formula is C19H15N5O2S. The minimum Gasteiger partial charge on any atom is -0.497 e. The lowest BCUT2D eigenvalue weighted by molar-refractivity contribution is 0.0979. The number of carbonyl (C=O) groups is 1. The molecule has 3 heterocycles. The molecule has 3 aromatic heterocycles. The number of fused-ring (bicyclic) bond motifs is 1. The van der Waals surface area contributed by atoms with E-state index in [-0.39, 0.29) is 18.1 Å². The minimum absolute atomic E-state index is 0.255. The number of anilines is 1. The zero-order valence-electron chi connectivity index (χ0n) is 14.4. The van der Waals surface area contributed by atoms with Gasteiger partial charge in [-0.2, -0.15) is 0 Å². The second kappa shape index (κ2) is 7.46. The monoisotopic (exact) mass is 377 g/mol. The van der Waals surface area contributed by atoms with Gasteiger partial charge in [0.05, 0.1) is 35.8 Å². The minimum atomic E-state index is -0.278. The van der Waals surface area contributed by atoms with E-state index in [0.717, 1.165) is 21.7 Å². The first-order valence-corrected chi connectivity index (χ1v) is 8.98. The van der Waals surface area contributed by atoms with Gasteiger partial charge < -0.3 is 4.74 Å². The van der Waals surface area contributed by atoms with Gasteiger partial charge in [0.15, 0.2) is 5.13 Å². The van der Waals surface area contributed by atoms with Crippen LogP contribution in [0.25, 0.3) is 10.2 Å². The highest BCUT2D eigenvalue weighted by atomic mass is 32.1. The van der Waals surface area contributed by atoms with E-state index >= 15 is 0 Å². The molecule has 4 aromatic rings. The first-order chi connectivity index (χ1) is 13.2. The maximum absolute atomic E-state index is 13.1. The second-order valence-electron chi connectivity index (χ2n) is 5.63. The van der Waals surface area contributed by atoms with Gasteiger partial charge in [-0.25, -0.2) is 9.97 Å². The van der Waals surface area contributed by atoms with Gasteiger partial charge in [-0.1, -0.05) is 17.4 Å². The first-order valence-electron chi connectivity index (χ1n) is 8.17. The topological polar surface area (TPSA) is 81.1 Å². The first kappa shape index (κ1) is 17.0. The smallest absolute Gasteiger partial charge is 0.280 e. The number of aromatic nitrogens is 4. The molecule has 0 N–H and O–H groups in total. The van der Waals surface area contributed by atoms with Gasteiger partial charge in [0.2, 0.25) is 0 Å². The Balaban J connectivity index is 1.76. The van der Waals surface area contributed by atoms with Crippen LogP contribution in [-0.2, 0) is 6.54 Å². The summed E-state index contributed by atoms with van der Waals surface area (Å²) < 4.78 is 6.21. The molecule has 0 bridgehead atoms. The number of pyridine rings is 1. The van der Waals surface area contributed by atoms with Crippen molar-refractivity contribution in [3.63, 3.8) is 0 Å². The highest BCUT2D eigenvalue weighted by Crippen LogP contribution is 2.32. The summed E-state index contributed by atoms with van der Waals surface area (Å²) in [5.74, 6) is 0.467. The van der Waals surface area contributed by atoms with Gasteiger partial charge in [0.25, 0.3) is 5.91 Å². The highest BCUT2D eigenvalue weighted by molar-refractivity contribution is 7.22. The summed E-state index contributed by atoms with van der Waals surface area (Å²) in [4.78, 5) is 31.7. The molecule has 0 saturated heterocycles. The highest BCUT2D eigenvalue weighted by Gasteiger charge is 2.23. The molecule has 0 aliphatic rings. The van der Waals surface area contributed by atoms with E-state index in [1.165, 1.54) is 29.9 Å². The normalized spacial score (nSPS) is 10.7. The van der Waals surface area contributed by atoms with E-state index < -0.39 is 0 Å². The molecule has 7 nitrogen and oxygen atoms in total. The van der Waals surface area contributed by atoms with Crippen LogP contribution in [0.5, 0.6) is 5.75 Å². The summed E-state index contributed by atoms with van der Waals surface area (Å²) in [5.41, 5.74) is 1.81. The van der Waals surface area contributed by atoms with Gasteiger partial charge in [-0.3, -0.25) is 19.7 Å². The third kappa shape index (κ3) is 3.61. The summed E-state index contributed by atoms with van der Waals surface area (Å²) in [5, 5.41) is 0.569. The predicted octanol–water partition coefficient (Wildman–Crippen LogP) is 3.34. The Kier molecular flexibility index (Phi) is 4.71. The average molecular weight is 377 g/mol. The number of carbonyl (C=O) groups excluding carboxylic acids is 1. The number of hydrogen-bond donors (Lipinski definition) is 0. The summed E-state index contributed by atoms with van der Waals surface area (Å²) in [7, 11) is 1.62. The Morgan fingerprint density at radius 3 is 2.81 bits per heavy atom. The fourth-order valence-corrected chi connectivity index (χ4v) is 3.55. The molecule has 0 unspecified atom stereocenters. The molecule has 134 valence electrons. The predicted molar refractivity (Wildman–Crippen MR) is 103 cm³/mol. The summed E-state index contributed by atoms with van der Waals surface area (Å²) in [6, 6.07) is 11.2. The summed E-state index contributed by atoms with van der Waals surface area (Å²) in [6.45, 7) is 0.285. The molecule has 0 fully saturated rings. The molecule has 0 aliphatic heterocycles. The number of nitrogens with zero attached hydrogens (tertiary/aromatic N) is 5. The zero-order chi connectivity index (χ0) is 18.6. The van der Waals surface area contributed by atoms with Crippen LogP contribution in [0.2, 0.25) is 0 Å². The number of ether oxygens (including phenoxy) is 1. The van der Waals surface area contributed by atoms with Crippen LogP contribution in [0.3, 0.4) is 0 Å². The molecule has 27 heavy (non-hydrogen) atoms. The van der Waals surface area contributed by atoms with Crippen molar-refractivity contribution in [3.8, 4) is 5.75 Å². The van der Waals surface area contributed by atoms with Crippen LogP contribution in [0.4, 0.5) is 5.13 Å². The van der Waals surface area contributed by atoms with Gasteiger partial charge >= 0.3 is 0 Å². The Morgan fingerprint density at radius 2 is 2.07 bits per heavy atom. The standard InChI is InChI=1S/C19H15N5O2S/c1-26-14-5-6-15-17(10-14)27-19(23-15)24(12-13-4-2-3-7-21-13)18(25)16-11-20-8-9-22-16/h2-11H,12H2,1H3. The Hall–Kier alpha value is -3.39. The van der Waals surface area contributed by atoms with Gasteiger partial charge in [-0.05, 0) is 30.3 Å². The van der Waals surface area contributed by atoms with Crippen LogP contribution in [0, 0.1) is 0 Å². The third-order valence-electron chi connectivity index (χ3n) is 3.89. The molecule has 8 heteroatoms. The van der Waals surface area contributed by atoms with Crippen molar-refractivity contribution < 1.29 is 9.53 Å². The summed E-state index contributed by atoms with van der Waals surface area (Å²) in [6.07, 6.45) is 6.17. The van der Waals surface area contributed by atoms with E-state index in [9.17, 15) is 4.79 Å². The van der Waals surface area contributed by atoms with E-state index in [0.29, 0.717) is 5.13 Å². The maximum atomic E-state index is 13.1. The lowest BCUT2D eigenvalue weighted by Crippen LogP contribution is -2.31. The molecule has 0 aliphatic carbocycles. The lowest BCUT2D eigenvalue weighted by Gasteiger charge is -2.18. The lowest BCUT2D eigenvalue weighted by atomic mass is 10.3. The quantitative estimate of drug-likeness (QED) is 0.531. The molecule has 0 atom stereocenters. The molecule has 0 radical (unpaired) electrons. The number of hydrogen-bond acceptors (Lipinski definition) is 7. The van der Waals surface area contributed by atoms with Gasteiger partial charge in [-0.15, -0.1) is 0 Å². The Morgan fingerprint density at radius 1 is 1.15 bits per heavy atom. The van der Waals surface area contributed by atoms with Crippen LogP contribution in [0.1, 0.15) is 16.2 Å². The van der Waals surface area contributed by atoms with Crippen LogP contribution in [-0.4, -0.2) is 33.0 Å². The summed E-state index contributed by atoms with van der Waals surface area (Å²) >= 11 is 1.42. The zero-order valence-corrected chi connectivity index (χ0v) is 15.3. The fourth-order valence-electron chi connectivity index (χ4n) is 2.56. The van der Waals surface area contributed by atoms with Crippen molar-refractivity contribution in [1.82, 2.24) is 19.9 Å². The number of thiazole rings is 1. The van der Waals surface area contributed by atoms with Crippen molar-refractivity contribution >= 4 is 32.6 Å². The molecular weight excluding hydrogens is 362 g/mol. The van der Waals surface area contributed by atoms with Crippen molar-refractivity contribution in [3.05, 3.63) is 72.6 Å². The molecule has 0 saturated carbocycles. The number of benzene rings is 1. The number of rotatable bonds is 5. The van der Waals surface area contributed by atoms with Crippen LogP contribution in [0.15, 0.2) is 61.2 Å². The van der Waals surface area contributed by atoms with E-state index in [1.54, 1.807) is 18.2 Å². The third-order valence-corrected chi connectivity index (χ3v) is 4.93. The SMILES string of the molecule is COc1ccc2nc(N(Cc3ccccn3)C(=O)c3cnccn3)sc2c1.